The lowest BCUT2D eigenvalue weighted by atomic mass is 10.1. The fourth-order valence-electron chi connectivity index (χ4n) is 9.33. The van der Waals surface area contributed by atoms with Crippen molar-refractivity contribution in [2.45, 2.75) is 322 Å². The summed E-state index contributed by atoms with van der Waals surface area (Å²) in [5.41, 5.74) is 0. The van der Waals surface area contributed by atoms with E-state index in [2.05, 4.69) is 142 Å². The summed E-state index contributed by atoms with van der Waals surface area (Å²) in [6.45, 7) is 6.50. The SMILES string of the molecule is CC/C=C\C/C=C\C/C=C\C/C=C\C/C=C\C/C=C\C/C=C\CCCCCC(=O)OCC(COC(=O)CCCCCCCCC/C=C\CCCCCCCC)OC(=O)CCCCCCCCCCC/C=C\C/C=C\CCCCCCC. The van der Waals surface area contributed by atoms with Crippen molar-refractivity contribution in [2.24, 2.45) is 0 Å². The maximum Gasteiger partial charge on any atom is 0.306 e. The van der Waals surface area contributed by atoms with Gasteiger partial charge in [-0.15, -0.1) is 0 Å². The van der Waals surface area contributed by atoms with Gasteiger partial charge in [0.25, 0.3) is 0 Å². The third-order valence-electron chi connectivity index (χ3n) is 14.4. The van der Waals surface area contributed by atoms with Crippen LogP contribution in [0.15, 0.2) is 122 Å². The lowest BCUT2D eigenvalue weighted by Gasteiger charge is -2.18. The van der Waals surface area contributed by atoms with E-state index in [9.17, 15) is 14.4 Å². The van der Waals surface area contributed by atoms with Gasteiger partial charge in [0.1, 0.15) is 13.2 Å². The summed E-state index contributed by atoms with van der Waals surface area (Å²) in [7, 11) is 0. The van der Waals surface area contributed by atoms with E-state index >= 15 is 0 Å². The Hall–Kier alpha value is -4.19. The highest BCUT2D eigenvalue weighted by molar-refractivity contribution is 5.71. The first kappa shape index (κ1) is 76.8. The number of unbranched alkanes of at least 4 members (excludes halogenated alkanes) is 30. The Bertz CT molecular complexity index is 1670. The van der Waals surface area contributed by atoms with Gasteiger partial charge < -0.3 is 14.2 Å². The van der Waals surface area contributed by atoms with Crippen LogP contribution in [0.2, 0.25) is 0 Å². The summed E-state index contributed by atoms with van der Waals surface area (Å²) in [4.78, 5) is 38.4. The molecule has 0 aromatic carbocycles. The number of esters is 3. The molecule has 1 atom stereocenters. The fourth-order valence-corrected chi connectivity index (χ4v) is 9.33. The second-order valence-corrected chi connectivity index (χ2v) is 22.3. The number of rotatable bonds is 61. The summed E-state index contributed by atoms with van der Waals surface area (Å²) in [5.74, 6) is -0.928. The van der Waals surface area contributed by atoms with Crippen molar-refractivity contribution >= 4 is 17.9 Å². The molecule has 0 aliphatic rings. The Balaban J connectivity index is 4.47. The molecule has 0 N–H and O–H groups in total. The molecule has 0 spiro atoms. The largest absolute Gasteiger partial charge is 0.462 e. The number of ether oxygens (including phenoxy) is 3. The zero-order chi connectivity index (χ0) is 58.5. The van der Waals surface area contributed by atoms with Crippen LogP contribution in [0.25, 0.3) is 0 Å². The Morgan fingerprint density at radius 1 is 0.259 bits per heavy atom. The normalized spacial score (nSPS) is 12.9. The molecule has 0 fully saturated rings. The van der Waals surface area contributed by atoms with Crippen molar-refractivity contribution < 1.29 is 28.6 Å². The lowest BCUT2D eigenvalue weighted by molar-refractivity contribution is -0.167. The molecule has 0 amide bonds. The first-order chi connectivity index (χ1) is 40.0. The van der Waals surface area contributed by atoms with Crippen LogP contribution in [0, 0.1) is 0 Å². The quantitative estimate of drug-likeness (QED) is 0.0261. The Labute approximate surface area is 501 Å². The third kappa shape index (κ3) is 66.5. The van der Waals surface area contributed by atoms with Gasteiger partial charge in [-0.3, -0.25) is 14.4 Å². The van der Waals surface area contributed by atoms with E-state index in [4.69, 9.17) is 14.2 Å². The topological polar surface area (TPSA) is 78.9 Å². The summed E-state index contributed by atoms with van der Waals surface area (Å²) in [6, 6.07) is 0. The summed E-state index contributed by atoms with van der Waals surface area (Å²) >= 11 is 0. The predicted molar refractivity (Wildman–Crippen MR) is 353 cm³/mol. The van der Waals surface area contributed by atoms with Crippen molar-refractivity contribution in [2.75, 3.05) is 13.2 Å². The van der Waals surface area contributed by atoms with E-state index in [1.807, 2.05) is 0 Å². The van der Waals surface area contributed by atoms with Crippen LogP contribution in [0.1, 0.15) is 316 Å². The van der Waals surface area contributed by atoms with Crippen LogP contribution in [-0.4, -0.2) is 37.2 Å². The molecule has 0 saturated heterocycles. The van der Waals surface area contributed by atoms with Gasteiger partial charge in [0.2, 0.25) is 0 Å². The van der Waals surface area contributed by atoms with E-state index in [1.165, 1.54) is 161 Å². The third-order valence-corrected chi connectivity index (χ3v) is 14.4. The molecule has 0 heterocycles. The van der Waals surface area contributed by atoms with E-state index in [0.717, 1.165) is 116 Å². The van der Waals surface area contributed by atoms with Gasteiger partial charge in [-0.05, 0) is 135 Å². The van der Waals surface area contributed by atoms with Crippen molar-refractivity contribution in [1.82, 2.24) is 0 Å². The molecular weight excluding hydrogens is 997 g/mol. The molecule has 0 aromatic rings. The first-order valence-electron chi connectivity index (χ1n) is 34.0. The molecule has 462 valence electrons. The van der Waals surface area contributed by atoms with Gasteiger partial charge >= 0.3 is 17.9 Å². The number of allylic oxidation sites excluding steroid dienone is 20. The zero-order valence-electron chi connectivity index (χ0n) is 53.0. The number of carbonyl (C=O) groups is 3. The summed E-state index contributed by atoms with van der Waals surface area (Å²) in [5, 5.41) is 0. The molecular formula is C75H126O6. The molecule has 0 radical (unpaired) electrons. The maximum absolute atomic E-state index is 13.0. The monoisotopic (exact) mass is 1120 g/mol. The highest BCUT2D eigenvalue weighted by atomic mass is 16.6. The average Bonchev–Trinajstić information content (AvgIpc) is 3.47. The van der Waals surface area contributed by atoms with Crippen LogP contribution in [0.4, 0.5) is 0 Å². The minimum absolute atomic E-state index is 0.0941. The molecule has 81 heavy (non-hydrogen) atoms. The molecule has 6 heteroatoms. The Kier molecular flexibility index (Phi) is 64.8. The summed E-state index contributed by atoms with van der Waals surface area (Å²) < 4.78 is 16.9. The van der Waals surface area contributed by atoms with Crippen LogP contribution >= 0.6 is 0 Å². The van der Waals surface area contributed by atoms with E-state index in [-0.39, 0.29) is 31.1 Å². The highest BCUT2D eigenvalue weighted by Gasteiger charge is 2.19. The molecule has 0 aromatic heterocycles. The van der Waals surface area contributed by atoms with Crippen LogP contribution in [0.5, 0.6) is 0 Å². The second kappa shape index (κ2) is 68.3. The second-order valence-electron chi connectivity index (χ2n) is 22.3. The van der Waals surface area contributed by atoms with Crippen LogP contribution in [0.3, 0.4) is 0 Å². The standard InChI is InChI=1S/C75H126O6/c1-4-7-10-13-16-19-22-25-28-31-33-35-36-37-38-40-41-44-47-50-53-56-59-62-65-68-74(77)80-71-72(70-79-73(76)67-64-61-58-55-52-49-46-43-30-27-24-21-18-15-12-9-6-3)81-75(78)69-66-63-60-57-54-51-48-45-42-39-34-32-29-26-23-20-17-14-11-8-5-2/h7,10,16,19,23,25-28,30,32-35,37-38,41,44,50,53,72H,4-6,8-9,11-15,17-18,20-22,24,29,31,36,39-40,42-43,45-49,51-52,54-71H2,1-3H3/b10-7-,19-16-,26-23-,28-25-,30-27-,34-32-,35-33-,38-37-,44-41-,53-50-. The molecule has 6 nitrogen and oxygen atoms in total. The first-order valence-corrected chi connectivity index (χ1v) is 34.0. The number of hydrogen-bond donors (Lipinski definition) is 0. The minimum Gasteiger partial charge on any atom is -0.462 e. The minimum atomic E-state index is -0.802. The molecule has 0 bridgehead atoms. The average molecular weight is 1120 g/mol. The van der Waals surface area contributed by atoms with Crippen LogP contribution in [-0.2, 0) is 28.6 Å². The van der Waals surface area contributed by atoms with Gasteiger partial charge in [-0.2, -0.15) is 0 Å². The van der Waals surface area contributed by atoms with Gasteiger partial charge in [-0.25, -0.2) is 0 Å². The zero-order valence-corrected chi connectivity index (χ0v) is 53.0. The predicted octanol–water partition coefficient (Wildman–Crippen LogP) is 23.6. The smallest absolute Gasteiger partial charge is 0.306 e. The molecule has 1 unspecified atom stereocenters. The summed E-state index contributed by atoms with van der Waals surface area (Å²) in [6.07, 6.45) is 94.9. The molecule has 0 aliphatic carbocycles. The van der Waals surface area contributed by atoms with E-state index < -0.39 is 6.10 Å². The fraction of sp³-hybridized carbons (Fsp3) is 0.693. The van der Waals surface area contributed by atoms with Crippen molar-refractivity contribution in [3.63, 3.8) is 0 Å². The van der Waals surface area contributed by atoms with Gasteiger partial charge in [-0.1, -0.05) is 284 Å². The van der Waals surface area contributed by atoms with Crippen LogP contribution < -0.4 is 0 Å². The molecule has 0 aliphatic heterocycles. The number of hydrogen-bond acceptors (Lipinski definition) is 6. The number of carbonyl (C=O) groups excluding carboxylic acids is 3. The van der Waals surface area contributed by atoms with Crippen molar-refractivity contribution in [3.8, 4) is 0 Å². The lowest BCUT2D eigenvalue weighted by Crippen LogP contribution is -2.30. The maximum atomic E-state index is 13.0. The van der Waals surface area contributed by atoms with Crippen molar-refractivity contribution in [1.29, 1.82) is 0 Å². The van der Waals surface area contributed by atoms with Gasteiger partial charge in [0.15, 0.2) is 6.10 Å². The van der Waals surface area contributed by atoms with E-state index in [0.29, 0.717) is 19.3 Å². The molecule has 0 saturated carbocycles. The van der Waals surface area contributed by atoms with Gasteiger partial charge in [0.05, 0.1) is 0 Å². The van der Waals surface area contributed by atoms with Gasteiger partial charge in [0, 0.05) is 19.3 Å². The Morgan fingerprint density at radius 3 is 0.778 bits per heavy atom. The molecule has 0 rings (SSSR count). The highest BCUT2D eigenvalue weighted by Crippen LogP contribution is 2.16. The Morgan fingerprint density at radius 2 is 0.481 bits per heavy atom. The van der Waals surface area contributed by atoms with E-state index in [1.54, 1.807) is 0 Å². The van der Waals surface area contributed by atoms with Crippen molar-refractivity contribution in [3.05, 3.63) is 122 Å².